The van der Waals surface area contributed by atoms with Crippen LogP contribution in [0.2, 0.25) is 0 Å². The Balaban J connectivity index is 2.63. The Morgan fingerprint density at radius 1 is 1.15 bits per heavy atom. The van der Waals surface area contributed by atoms with Crippen LogP contribution in [-0.4, -0.2) is 28.5 Å². The van der Waals surface area contributed by atoms with E-state index in [-0.39, 0.29) is 5.54 Å². The monoisotopic (exact) mass is 277 g/mol. The van der Waals surface area contributed by atoms with Gasteiger partial charge in [0.1, 0.15) is 0 Å². The van der Waals surface area contributed by atoms with Crippen molar-refractivity contribution in [2.75, 3.05) is 7.05 Å². The third-order valence-electron chi connectivity index (χ3n) is 3.64. The van der Waals surface area contributed by atoms with Gasteiger partial charge in [0.15, 0.2) is 0 Å². The molecule has 3 nitrogen and oxygen atoms in total. The maximum atomic E-state index is 4.76. The van der Waals surface area contributed by atoms with Crippen molar-refractivity contribution in [3.8, 4) is 0 Å². The van der Waals surface area contributed by atoms with E-state index in [0.717, 1.165) is 24.5 Å². The van der Waals surface area contributed by atoms with Crippen LogP contribution in [0.15, 0.2) is 18.2 Å². The molecule has 1 aromatic rings. The fourth-order valence-electron chi connectivity index (χ4n) is 2.37. The molecule has 0 amide bonds. The molecule has 0 saturated heterocycles. The first-order valence-corrected chi connectivity index (χ1v) is 7.75. The lowest BCUT2D eigenvalue weighted by molar-refractivity contribution is 0.219. The van der Waals surface area contributed by atoms with Crippen LogP contribution in [0, 0.1) is 0 Å². The van der Waals surface area contributed by atoms with Gasteiger partial charge >= 0.3 is 0 Å². The van der Waals surface area contributed by atoms with Crippen LogP contribution in [0.25, 0.3) is 0 Å². The van der Waals surface area contributed by atoms with Gasteiger partial charge in [0, 0.05) is 24.7 Å². The number of nitrogens with one attached hydrogen (secondary N) is 1. The van der Waals surface area contributed by atoms with Gasteiger partial charge in [-0.05, 0) is 52.8 Å². The first kappa shape index (κ1) is 17.1. The summed E-state index contributed by atoms with van der Waals surface area (Å²) in [6.07, 6.45) is 2.39. The van der Waals surface area contributed by atoms with Crippen molar-refractivity contribution in [1.29, 1.82) is 0 Å². The van der Waals surface area contributed by atoms with E-state index in [9.17, 15) is 0 Å². The van der Waals surface area contributed by atoms with Gasteiger partial charge in [-0.2, -0.15) is 0 Å². The van der Waals surface area contributed by atoms with Crippen LogP contribution in [0.5, 0.6) is 0 Å². The van der Waals surface area contributed by atoms with Crippen LogP contribution < -0.4 is 5.32 Å². The number of aromatic nitrogens is 1. The van der Waals surface area contributed by atoms with Crippen molar-refractivity contribution < 1.29 is 0 Å². The molecule has 1 rings (SSSR count). The lowest BCUT2D eigenvalue weighted by atomic mass is 10.1. The van der Waals surface area contributed by atoms with E-state index in [0.29, 0.717) is 6.04 Å². The molecule has 1 heterocycles. The van der Waals surface area contributed by atoms with E-state index < -0.39 is 0 Å². The second-order valence-corrected chi connectivity index (χ2v) is 6.61. The first-order valence-electron chi connectivity index (χ1n) is 7.75. The van der Waals surface area contributed by atoms with Gasteiger partial charge in [-0.3, -0.25) is 9.88 Å². The molecule has 0 saturated carbocycles. The highest BCUT2D eigenvalue weighted by molar-refractivity contribution is 5.11. The van der Waals surface area contributed by atoms with Crippen LogP contribution in [0.1, 0.15) is 58.8 Å². The third-order valence-corrected chi connectivity index (χ3v) is 3.64. The van der Waals surface area contributed by atoms with E-state index in [1.807, 2.05) is 0 Å². The molecule has 0 radical (unpaired) electrons. The molecule has 0 spiro atoms. The predicted octanol–water partition coefficient (Wildman–Crippen LogP) is 3.59. The van der Waals surface area contributed by atoms with Crippen molar-refractivity contribution in [3.63, 3.8) is 0 Å². The molecule has 1 aromatic heterocycles. The lowest BCUT2D eigenvalue weighted by Crippen LogP contribution is -2.35. The zero-order valence-corrected chi connectivity index (χ0v) is 14.0. The van der Waals surface area contributed by atoms with Gasteiger partial charge in [-0.15, -0.1) is 0 Å². The van der Waals surface area contributed by atoms with Crippen LogP contribution in [0.3, 0.4) is 0 Å². The second-order valence-electron chi connectivity index (χ2n) is 6.61. The minimum Gasteiger partial charge on any atom is -0.306 e. The van der Waals surface area contributed by atoms with E-state index in [4.69, 9.17) is 4.98 Å². The summed E-state index contributed by atoms with van der Waals surface area (Å²) in [6.45, 7) is 12.8. The van der Waals surface area contributed by atoms with E-state index >= 15 is 0 Å². The maximum absolute atomic E-state index is 4.76. The summed E-state index contributed by atoms with van der Waals surface area (Å²) in [5, 5.41) is 3.49. The van der Waals surface area contributed by atoms with Crippen molar-refractivity contribution in [1.82, 2.24) is 15.2 Å². The Kier molecular flexibility index (Phi) is 6.63. The van der Waals surface area contributed by atoms with Gasteiger partial charge < -0.3 is 5.32 Å². The number of rotatable bonds is 7. The molecule has 0 aliphatic heterocycles. The minimum atomic E-state index is 0.129. The summed E-state index contributed by atoms with van der Waals surface area (Å²) in [5.74, 6) is 0. The number of pyridine rings is 1. The summed E-state index contributed by atoms with van der Waals surface area (Å²) < 4.78 is 0. The summed E-state index contributed by atoms with van der Waals surface area (Å²) in [6, 6.07) is 6.98. The van der Waals surface area contributed by atoms with Crippen molar-refractivity contribution in [2.24, 2.45) is 0 Å². The topological polar surface area (TPSA) is 28.2 Å². The van der Waals surface area contributed by atoms with Crippen molar-refractivity contribution in [2.45, 2.75) is 72.1 Å². The number of nitrogens with zero attached hydrogens (tertiary/aromatic N) is 2. The van der Waals surface area contributed by atoms with Gasteiger partial charge in [0.25, 0.3) is 0 Å². The normalized spacial score (nSPS) is 12.4. The molecule has 0 fully saturated rings. The highest BCUT2D eigenvalue weighted by atomic mass is 15.1. The second kappa shape index (κ2) is 7.75. The Bertz CT molecular complexity index is 391. The Hall–Kier alpha value is -0.930. The maximum Gasteiger partial charge on any atom is 0.0547 e. The van der Waals surface area contributed by atoms with Crippen LogP contribution in [-0.2, 0) is 13.1 Å². The van der Waals surface area contributed by atoms with Gasteiger partial charge in [0.2, 0.25) is 0 Å². The number of hydrogen-bond donors (Lipinski definition) is 1. The SMILES string of the molecule is CCC(CC)N(C)Cc1cccc(CNC(C)(C)C)n1. The standard InChI is InChI=1S/C17H31N3/c1-7-16(8-2)20(6)13-15-11-9-10-14(19-15)12-18-17(3,4)5/h9-11,16,18H,7-8,12-13H2,1-6H3. The summed E-state index contributed by atoms with van der Waals surface area (Å²) in [4.78, 5) is 7.17. The highest BCUT2D eigenvalue weighted by Gasteiger charge is 2.12. The zero-order valence-electron chi connectivity index (χ0n) is 14.0. The molecule has 0 bridgehead atoms. The molecule has 0 aliphatic carbocycles. The van der Waals surface area contributed by atoms with Gasteiger partial charge in [0.05, 0.1) is 11.4 Å². The average molecular weight is 277 g/mol. The molecule has 3 heteroatoms. The molecule has 1 N–H and O–H groups in total. The Labute approximate surface area is 124 Å². The average Bonchev–Trinajstić information content (AvgIpc) is 2.37. The molecule has 20 heavy (non-hydrogen) atoms. The summed E-state index contributed by atoms with van der Waals surface area (Å²) in [7, 11) is 2.19. The van der Waals surface area contributed by atoms with E-state index in [2.05, 4.69) is 70.1 Å². The number of hydrogen-bond acceptors (Lipinski definition) is 3. The molecule has 0 unspecified atom stereocenters. The summed E-state index contributed by atoms with van der Waals surface area (Å²) in [5.41, 5.74) is 2.41. The predicted molar refractivity (Wildman–Crippen MR) is 86.7 cm³/mol. The summed E-state index contributed by atoms with van der Waals surface area (Å²) >= 11 is 0. The zero-order chi connectivity index (χ0) is 15.2. The highest BCUT2D eigenvalue weighted by Crippen LogP contribution is 2.11. The molecular weight excluding hydrogens is 246 g/mol. The molecule has 0 aromatic carbocycles. The van der Waals surface area contributed by atoms with E-state index in [1.54, 1.807) is 0 Å². The Morgan fingerprint density at radius 2 is 1.75 bits per heavy atom. The van der Waals surface area contributed by atoms with Crippen molar-refractivity contribution >= 4 is 0 Å². The lowest BCUT2D eigenvalue weighted by Gasteiger charge is -2.26. The quantitative estimate of drug-likeness (QED) is 0.825. The molecule has 114 valence electrons. The van der Waals surface area contributed by atoms with Gasteiger partial charge in [-0.1, -0.05) is 19.9 Å². The van der Waals surface area contributed by atoms with Crippen molar-refractivity contribution in [3.05, 3.63) is 29.6 Å². The largest absolute Gasteiger partial charge is 0.306 e. The van der Waals surface area contributed by atoms with E-state index in [1.165, 1.54) is 12.8 Å². The van der Waals surface area contributed by atoms with Crippen LogP contribution in [0.4, 0.5) is 0 Å². The first-order chi connectivity index (χ1) is 9.35. The molecular formula is C17H31N3. The minimum absolute atomic E-state index is 0.129. The molecule has 0 atom stereocenters. The Morgan fingerprint density at radius 3 is 2.30 bits per heavy atom. The molecule has 0 aliphatic rings. The smallest absolute Gasteiger partial charge is 0.0547 e. The third kappa shape index (κ3) is 6.02. The fraction of sp³-hybridized carbons (Fsp3) is 0.706. The van der Waals surface area contributed by atoms with Crippen LogP contribution >= 0.6 is 0 Å². The fourth-order valence-corrected chi connectivity index (χ4v) is 2.37. The van der Waals surface area contributed by atoms with Gasteiger partial charge in [-0.25, -0.2) is 0 Å².